The Morgan fingerprint density at radius 3 is 2.22 bits per heavy atom. The third-order valence-corrected chi connectivity index (χ3v) is 4.01. The van der Waals surface area contributed by atoms with E-state index in [9.17, 15) is 5.11 Å². The van der Waals surface area contributed by atoms with Gasteiger partial charge in [-0.2, -0.15) is 0 Å². The van der Waals surface area contributed by atoms with E-state index < -0.39 is 0 Å². The van der Waals surface area contributed by atoms with Gasteiger partial charge < -0.3 is 10.4 Å². The molecule has 1 fully saturated rings. The zero-order valence-electron chi connectivity index (χ0n) is 11.6. The van der Waals surface area contributed by atoms with Gasteiger partial charge in [0.15, 0.2) is 0 Å². The van der Waals surface area contributed by atoms with Crippen LogP contribution in [0.15, 0.2) is 12.1 Å². The minimum absolute atomic E-state index is 0.399. The van der Waals surface area contributed by atoms with Crippen molar-refractivity contribution in [3.8, 4) is 5.75 Å². The molecule has 0 aromatic heterocycles. The number of phenolic OH excluding ortho intramolecular Hbond substituents is 1. The number of rotatable bonds is 2. The summed E-state index contributed by atoms with van der Waals surface area (Å²) in [7, 11) is 0. The molecule has 2 N–H and O–H groups in total. The van der Waals surface area contributed by atoms with Crippen LogP contribution in [0.1, 0.15) is 56.1 Å². The molecule has 0 atom stereocenters. The van der Waals surface area contributed by atoms with Gasteiger partial charge in [-0.3, -0.25) is 0 Å². The summed E-state index contributed by atoms with van der Waals surface area (Å²) in [6.07, 6.45) is 9.40. The molecule has 0 spiro atoms. The molecule has 0 saturated heterocycles. The van der Waals surface area contributed by atoms with Crippen LogP contribution in [0.3, 0.4) is 0 Å². The largest absolute Gasteiger partial charge is 0.508 e. The molecule has 1 aromatic rings. The van der Waals surface area contributed by atoms with Crippen LogP contribution in [0.5, 0.6) is 5.75 Å². The quantitative estimate of drug-likeness (QED) is 0.752. The second-order valence-corrected chi connectivity index (χ2v) is 5.64. The molecule has 1 saturated carbocycles. The van der Waals surface area contributed by atoms with E-state index in [2.05, 4.69) is 18.3 Å². The predicted molar refractivity (Wildman–Crippen MR) is 77.3 cm³/mol. The van der Waals surface area contributed by atoms with E-state index in [0.29, 0.717) is 11.8 Å². The zero-order valence-corrected chi connectivity index (χ0v) is 11.6. The lowest BCUT2D eigenvalue weighted by Gasteiger charge is -2.23. The molecule has 1 aliphatic rings. The van der Waals surface area contributed by atoms with Gasteiger partial charge in [-0.15, -0.1) is 0 Å². The van der Waals surface area contributed by atoms with E-state index in [0.717, 1.165) is 11.1 Å². The van der Waals surface area contributed by atoms with E-state index in [4.69, 9.17) is 0 Å². The van der Waals surface area contributed by atoms with Gasteiger partial charge in [0.25, 0.3) is 0 Å². The van der Waals surface area contributed by atoms with Crippen molar-refractivity contribution in [2.24, 2.45) is 0 Å². The highest BCUT2D eigenvalue weighted by Gasteiger charge is 2.12. The van der Waals surface area contributed by atoms with Crippen LogP contribution in [-0.4, -0.2) is 11.1 Å². The number of nitrogens with one attached hydrogen (secondary N) is 1. The molecule has 2 rings (SSSR count). The minimum Gasteiger partial charge on any atom is -0.508 e. The number of hydrogen-bond acceptors (Lipinski definition) is 2. The molecule has 0 unspecified atom stereocenters. The highest BCUT2D eigenvalue weighted by Crippen LogP contribution is 2.27. The Labute approximate surface area is 110 Å². The average molecular weight is 247 g/mol. The van der Waals surface area contributed by atoms with Gasteiger partial charge in [-0.1, -0.05) is 32.1 Å². The standard InChI is InChI=1S/C16H25NO/c1-12-11-16(18)13(2)10-15(12)17-14-8-6-4-3-5-7-9-14/h10-11,14,17-18H,3-9H2,1-2H3. The summed E-state index contributed by atoms with van der Waals surface area (Å²) in [5, 5.41) is 13.4. The monoisotopic (exact) mass is 247 g/mol. The normalized spacial score (nSPS) is 18.1. The summed E-state index contributed by atoms with van der Waals surface area (Å²) in [5.41, 5.74) is 3.28. The first-order valence-electron chi connectivity index (χ1n) is 7.23. The molecule has 0 aliphatic heterocycles. The third-order valence-electron chi connectivity index (χ3n) is 4.01. The molecule has 2 heteroatoms. The average Bonchev–Trinajstić information content (AvgIpc) is 2.29. The van der Waals surface area contributed by atoms with Gasteiger partial charge in [0.05, 0.1) is 0 Å². The first-order chi connectivity index (χ1) is 8.66. The number of aromatic hydroxyl groups is 1. The van der Waals surface area contributed by atoms with Crippen LogP contribution in [0.2, 0.25) is 0 Å². The van der Waals surface area contributed by atoms with Crippen LogP contribution >= 0.6 is 0 Å². The van der Waals surface area contributed by atoms with Crippen molar-refractivity contribution >= 4 is 5.69 Å². The summed E-state index contributed by atoms with van der Waals surface area (Å²) >= 11 is 0. The number of phenols is 1. The summed E-state index contributed by atoms with van der Waals surface area (Å²) < 4.78 is 0. The summed E-state index contributed by atoms with van der Waals surface area (Å²) in [6, 6.07) is 4.54. The Morgan fingerprint density at radius 1 is 0.944 bits per heavy atom. The summed E-state index contributed by atoms with van der Waals surface area (Å²) in [6.45, 7) is 4.02. The van der Waals surface area contributed by atoms with Crippen LogP contribution in [0.4, 0.5) is 5.69 Å². The second-order valence-electron chi connectivity index (χ2n) is 5.64. The first kappa shape index (κ1) is 13.3. The Kier molecular flexibility index (Phi) is 4.51. The van der Waals surface area contributed by atoms with Gasteiger partial charge in [-0.05, 0) is 49.9 Å². The maximum absolute atomic E-state index is 9.68. The van der Waals surface area contributed by atoms with Crippen molar-refractivity contribution in [3.05, 3.63) is 23.3 Å². The lowest BCUT2D eigenvalue weighted by Crippen LogP contribution is -2.21. The molecule has 0 bridgehead atoms. The number of hydrogen-bond donors (Lipinski definition) is 2. The lowest BCUT2D eigenvalue weighted by atomic mass is 9.96. The fourth-order valence-electron chi connectivity index (χ4n) is 2.78. The number of benzene rings is 1. The Hall–Kier alpha value is -1.18. The van der Waals surface area contributed by atoms with E-state index in [1.54, 1.807) is 0 Å². The summed E-state index contributed by atoms with van der Waals surface area (Å²) in [5.74, 6) is 0.399. The van der Waals surface area contributed by atoms with Crippen LogP contribution in [0, 0.1) is 13.8 Å². The highest BCUT2D eigenvalue weighted by molar-refractivity contribution is 5.57. The van der Waals surface area contributed by atoms with Crippen molar-refractivity contribution in [2.75, 3.05) is 5.32 Å². The van der Waals surface area contributed by atoms with Crippen molar-refractivity contribution in [1.82, 2.24) is 0 Å². The van der Waals surface area contributed by atoms with Gasteiger partial charge >= 0.3 is 0 Å². The van der Waals surface area contributed by atoms with Crippen molar-refractivity contribution in [2.45, 2.75) is 64.8 Å². The SMILES string of the molecule is Cc1cc(NC2CCCCCCC2)c(C)cc1O. The predicted octanol–water partition coefficient (Wildman–Crippen LogP) is 4.53. The van der Waals surface area contributed by atoms with E-state index in [-0.39, 0.29) is 0 Å². The molecular weight excluding hydrogens is 222 g/mol. The topological polar surface area (TPSA) is 32.3 Å². The molecule has 0 radical (unpaired) electrons. The van der Waals surface area contributed by atoms with E-state index >= 15 is 0 Å². The second kappa shape index (κ2) is 6.12. The van der Waals surface area contributed by atoms with Crippen molar-refractivity contribution in [1.29, 1.82) is 0 Å². The molecule has 100 valence electrons. The first-order valence-corrected chi connectivity index (χ1v) is 7.23. The van der Waals surface area contributed by atoms with Crippen LogP contribution < -0.4 is 5.32 Å². The third kappa shape index (κ3) is 3.41. The Balaban J connectivity index is 2.05. The van der Waals surface area contributed by atoms with Gasteiger partial charge in [0.1, 0.15) is 5.75 Å². The number of aryl methyl sites for hydroxylation is 2. The molecule has 18 heavy (non-hydrogen) atoms. The van der Waals surface area contributed by atoms with E-state index in [1.807, 2.05) is 13.0 Å². The Morgan fingerprint density at radius 2 is 1.56 bits per heavy atom. The summed E-state index contributed by atoms with van der Waals surface area (Å²) in [4.78, 5) is 0. The Bertz CT molecular complexity index is 392. The highest BCUT2D eigenvalue weighted by atomic mass is 16.3. The van der Waals surface area contributed by atoms with Gasteiger partial charge in [-0.25, -0.2) is 0 Å². The molecule has 0 amide bonds. The minimum atomic E-state index is 0.399. The van der Waals surface area contributed by atoms with Crippen molar-refractivity contribution < 1.29 is 5.11 Å². The molecule has 0 heterocycles. The molecular formula is C16H25NO. The van der Waals surface area contributed by atoms with E-state index in [1.165, 1.54) is 50.6 Å². The molecule has 1 aromatic carbocycles. The van der Waals surface area contributed by atoms with Gasteiger partial charge in [0.2, 0.25) is 0 Å². The van der Waals surface area contributed by atoms with Gasteiger partial charge in [0, 0.05) is 11.7 Å². The molecule has 2 nitrogen and oxygen atoms in total. The maximum atomic E-state index is 9.68. The molecule has 1 aliphatic carbocycles. The fourth-order valence-corrected chi connectivity index (χ4v) is 2.78. The fraction of sp³-hybridized carbons (Fsp3) is 0.625. The van der Waals surface area contributed by atoms with Crippen LogP contribution in [0.25, 0.3) is 0 Å². The zero-order chi connectivity index (χ0) is 13.0. The lowest BCUT2D eigenvalue weighted by molar-refractivity contribution is 0.468. The smallest absolute Gasteiger partial charge is 0.118 e. The van der Waals surface area contributed by atoms with Crippen molar-refractivity contribution in [3.63, 3.8) is 0 Å². The maximum Gasteiger partial charge on any atom is 0.118 e. The van der Waals surface area contributed by atoms with Crippen LogP contribution in [-0.2, 0) is 0 Å². The number of anilines is 1.